The average Bonchev–Trinajstić information content (AvgIpc) is 2.45. The van der Waals surface area contributed by atoms with E-state index < -0.39 is 0 Å². The zero-order chi connectivity index (χ0) is 9.42. The normalized spacial score (nSPS) is 11.0. The number of thiophene rings is 1. The monoisotopic (exact) mass is 256 g/mol. The molecule has 2 aromatic rings. The molecule has 0 radical (unpaired) electrons. The molecule has 1 nitrogen and oxygen atoms in total. The fourth-order valence-corrected chi connectivity index (χ4v) is 3.23. The van der Waals surface area contributed by atoms with Crippen molar-refractivity contribution in [1.29, 1.82) is 0 Å². The first-order chi connectivity index (χ1) is 6.24. The highest BCUT2D eigenvalue weighted by Gasteiger charge is 2.09. The summed E-state index contributed by atoms with van der Waals surface area (Å²) in [6, 6.07) is 6.20. The molecular weight excluding hydrogens is 248 g/mol. The van der Waals surface area contributed by atoms with Gasteiger partial charge in [-0.1, -0.05) is 18.2 Å². The molecule has 0 spiro atoms. The second-order valence-electron chi connectivity index (χ2n) is 2.95. The SMILES string of the molecule is Cc1cccc2c(Br)c(CO)sc12. The van der Waals surface area contributed by atoms with Crippen molar-refractivity contribution in [1.82, 2.24) is 0 Å². The van der Waals surface area contributed by atoms with Gasteiger partial charge in [-0.05, 0) is 28.4 Å². The van der Waals surface area contributed by atoms with Crippen molar-refractivity contribution in [3.8, 4) is 0 Å². The van der Waals surface area contributed by atoms with Crippen molar-refractivity contribution >= 4 is 37.4 Å². The molecular formula is C10H9BrOS. The summed E-state index contributed by atoms with van der Waals surface area (Å²) in [5, 5.41) is 10.3. The Kier molecular flexibility index (Phi) is 2.41. The molecule has 0 aliphatic heterocycles. The van der Waals surface area contributed by atoms with E-state index in [2.05, 4.69) is 35.0 Å². The van der Waals surface area contributed by atoms with Crippen LogP contribution < -0.4 is 0 Å². The van der Waals surface area contributed by atoms with E-state index >= 15 is 0 Å². The Labute approximate surface area is 89.1 Å². The maximum atomic E-state index is 9.09. The van der Waals surface area contributed by atoms with E-state index in [0.717, 1.165) is 9.35 Å². The number of aliphatic hydroxyl groups excluding tert-OH is 1. The highest BCUT2D eigenvalue weighted by Crippen LogP contribution is 2.36. The Morgan fingerprint density at radius 3 is 2.85 bits per heavy atom. The third-order valence-corrected chi connectivity index (χ3v) is 4.56. The summed E-state index contributed by atoms with van der Waals surface area (Å²) in [4.78, 5) is 1.00. The molecule has 68 valence electrons. The van der Waals surface area contributed by atoms with Crippen LogP contribution in [0.4, 0.5) is 0 Å². The maximum absolute atomic E-state index is 9.09. The topological polar surface area (TPSA) is 20.2 Å². The number of benzene rings is 1. The third-order valence-electron chi connectivity index (χ3n) is 2.06. The van der Waals surface area contributed by atoms with Gasteiger partial charge >= 0.3 is 0 Å². The molecule has 0 aliphatic rings. The number of aliphatic hydroxyl groups is 1. The summed E-state index contributed by atoms with van der Waals surface area (Å²) in [7, 11) is 0. The van der Waals surface area contributed by atoms with Gasteiger partial charge in [-0.2, -0.15) is 0 Å². The van der Waals surface area contributed by atoms with Crippen LogP contribution in [0.3, 0.4) is 0 Å². The van der Waals surface area contributed by atoms with E-state index in [1.165, 1.54) is 15.6 Å². The molecule has 1 heterocycles. The lowest BCUT2D eigenvalue weighted by Gasteiger charge is -1.93. The lowest BCUT2D eigenvalue weighted by molar-refractivity contribution is 0.285. The van der Waals surface area contributed by atoms with Crippen molar-refractivity contribution in [3.05, 3.63) is 33.1 Å². The van der Waals surface area contributed by atoms with E-state index in [1.807, 2.05) is 6.07 Å². The van der Waals surface area contributed by atoms with E-state index in [1.54, 1.807) is 11.3 Å². The molecule has 3 heteroatoms. The maximum Gasteiger partial charge on any atom is 0.0786 e. The smallest absolute Gasteiger partial charge is 0.0786 e. The van der Waals surface area contributed by atoms with E-state index in [4.69, 9.17) is 5.11 Å². The van der Waals surface area contributed by atoms with Crippen molar-refractivity contribution in [2.24, 2.45) is 0 Å². The Morgan fingerprint density at radius 1 is 1.46 bits per heavy atom. The molecule has 0 unspecified atom stereocenters. The Morgan fingerprint density at radius 2 is 2.23 bits per heavy atom. The van der Waals surface area contributed by atoms with Crippen molar-refractivity contribution in [2.45, 2.75) is 13.5 Å². The van der Waals surface area contributed by atoms with E-state index in [9.17, 15) is 0 Å². The number of hydrogen-bond donors (Lipinski definition) is 1. The van der Waals surface area contributed by atoms with Gasteiger partial charge in [-0.25, -0.2) is 0 Å². The van der Waals surface area contributed by atoms with Crippen LogP contribution in [-0.2, 0) is 6.61 Å². The molecule has 1 N–H and O–H groups in total. The third kappa shape index (κ3) is 1.41. The predicted octanol–water partition coefficient (Wildman–Crippen LogP) is 3.46. The van der Waals surface area contributed by atoms with Gasteiger partial charge in [-0.15, -0.1) is 11.3 Å². The summed E-state index contributed by atoms with van der Waals surface area (Å²) < 4.78 is 2.30. The average molecular weight is 257 g/mol. The first kappa shape index (κ1) is 9.19. The lowest BCUT2D eigenvalue weighted by atomic mass is 10.2. The Hall–Kier alpha value is -0.380. The number of hydrogen-bond acceptors (Lipinski definition) is 2. The second-order valence-corrected chi connectivity index (χ2v) is 4.85. The first-order valence-electron chi connectivity index (χ1n) is 4.01. The largest absolute Gasteiger partial charge is 0.391 e. The van der Waals surface area contributed by atoms with Gasteiger partial charge in [0, 0.05) is 19.4 Å². The van der Waals surface area contributed by atoms with Gasteiger partial charge in [0.2, 0.25) is 0 Å². The van der Waals surface area contributed by atoms with Gasteiger partial charge in [0.15, 0.2) is 0 Å². The second kappa shape index (κ2) is 3.40. The van der Waals surface area contributed by atoms with Crippen LogP contribution in [0.2, 0.25) is 0 Å². The molecule has 0 bridgehead atoms. The summed E-state index contributed by atoms with van der Waals surface area (Å²) in [6.07, 6.45) is 0. The van der Waals surface area contributed by atoms with Crippen LogP contribution in [-0.4, -0.2) is 5.11 Å². The molecule has 13 heavy (non-hydrogen) atoms. The lowest BCUT2D eigenvalue weighted by Crippen LogP contribution is -1.74. The van der Waals surface area contributed by atoms with Crippen molar-refractivity contribution < 1.29 is 5.11 Å². The highest BCUT2D eigenvalue weighted by atomic mass is 79.9. The molecule has 0 fully saturated rings. The van der Waals surface area contributed by atoms with Crippen LogP contribution >= 0.6 is 27.3 Å². The van der Waals surface area contributed by atoms with E-state index in [-0.39, 0.29) is 6.61 Å². The zero-order valence-corrected chi connectivity index (χ0v) is 9.58. The van der Waals surface area contributed by atoms with Gasteiger partial charge < -0.3 is 5.11 Å². The molecule has 0 aliphatic carbocycles. The molecule has 0 saturated heterocycles. The predicted molar refractivity (Wildman–Crippen MR) is 60.2 cm³/mol. The zero-order valence-electron chi connectivity index (χ0n) is 7.17. The van der Waals surface area contributed by atoms with Gasteiger partial charge in [0.25, 0.3) is 0 Å². The molecule has 0 saturated carbocycles. The van der Waals surface area contributed by atoms with Crippen LogP contribution in [0.25, 0.3) is 10.1 Å². The van der Waals surface area contributed by atoms with Crippen molar-refractivity contribution in [2.75, 3.05) is 0 Å². The summed E-state index contributed by atoms with van der Waals surface area (Å²) >= 11 is 5.15. The number of halogens is 1. The quantitative estimate of drug-likeness (QED) is 0.829. The minimum absolute atomic E-state index is 0.110. The van der Waals surface area contributed by atoms with Crippen LogP contribution in [0.15, 0.2) is 22.7 Å². The molecule has 0 amide bonds. The Bertz CT molecular complexity index is 447. The van der Waals surface area contributed by atoms with Gasteiger partial charge in [0.05, 0.1) is 6.61 Å². The van der Waals surface area contributed by atoms with Crippen molar-refractivity contribution in [3.63, 3.8) is 0 Å². The van der Waals surface area contributed by atoms with Gasteiger partial charge in [-0.3, -0.25) is 0 Å². The fraction of sp³-hybridized carbons (Fsp3) is 0.200. The Balaban J connectivity index is 2.83. The molecule has 0 atom stereocenters. The highest BCUT2D eigenvalue weighted by molar-refractivity contribution is 9.10. The molecule has 1 aromatic carbocycles. The standard InChI is InChI=1S/C10H9BrOS/c1-6-3-2-4-7-9(11)8(5-12)13-10(6)7/h2-4,12H,5H2,1H3. The first-order valence-corrected chi connectivity index (χ1v) is 5.62. The van der Waals surface area contributed by atoms with Crippen LogP contribution in [0.1, 0.15) is 10.4 Å². The molecule has 1 aromatic heterocycles. The minimum atomic E-state index is 0.110. The molecule has 2 rings (SSSR count). The van der Waals surface area contributed by atoms with Crippen LogP contribution in [0.5, 0.6) is 0 Å². The number of fused-ring (bicyclic) bond motifs is 1. The van der Waals surface area contributed by atoms with Gasteiger partial charge in [0.1, 0.15) is 0 Å². The van der Waals surface area contributed by atoms with Crippen LogP contribution in [0, 0.1) is 6.92 Å². The number of rotatable bonds is 1. The minimum Gasteiger partial charge on any atom is -0.391 e. The fourth-order valence-electron chi connectivity index (χ4n) is 1.38. The summed E-state index contributed by atoms with van der Waals surface area (Å²) in [5.74, 6) is 0. The van der Waals surface area contributed by atoms with E-state index in [0.29, 0.717) is 0 Å². The summed E-state index contributed by atoms with van der Waals surface area (Å²) in [6.45, 7) is 2.20. The summed E-state index contributed by atoms with van der Waals surface area (Å²) in [5.41, 5.74) is 1.27. The number of aryl methyl sites for hydroxylation is 1.